The molecule has 2 heterocycles. The first-order valence-electron chi connectivity index (χ1n) is 14.3. The van der Waals surface area contributed by atoms with E-state index < -0.39 is 11.2 Å². The third-order valence-electron chi connectivity index (χ3n) is 7.82. The lowest BCUT2D eigenvalue weighted by atomic mass is 9.80. The minimum absolute atomic E-state index is 0.541. The maximum atomic E-state index is 10.7. The first-order chi connectivity index (χ1) is 20.7. The summed E-state index contributed by atoms with van der Waals surface area (Å²) in [7, 11) is 1.70. The second-order valence-corrected chi connectivity index (χ2v) is 11.6. The van der Waals surface area contributed by atoms with E-state index in [1.165, 1.54) is 0 Å². The molecule has 0 aliphatic heterocycles. The van der Waals surface area contributed by atoms with Crippen LogP contribution in [0.3, 0.4) is 0 Å². The molecule has 0 aliphatic rings. The van der Waals surface area contributed by atoms with Crippen molar-refractivity contribution in [2.45, 2.75) is 38.9 Å². The molecule has 0 unspecified atom stereocenters. The highest BCUT2D eigenvalue weighted by molar-refractivity contribution is 6.47. The largest absolute Gasteiger partial charge is 0.427 e. The highest BCUT2D eigenvalue weighted by Gasteiger charge is 2.35. The van der Waals surface area contributed by atoms with Gasteiger partial charge < -0.3 is 9.76 Å². The Kier molecular flexibility index (Phi) is 7.61. The van der Waals surface area contributed by atoms with Crippen molar-refractivity contribution in [3.05, 3.63) is 115 Å². The van der Waals surface area contributed by atoms with Crippen LogP contribution in [-0.4, -0.2) is 43.7 Å². The molecule has 6 aromatic rings. The molecular formula is C36H32BN4O2. The van der Waals surface area contributed by atoms with E-state index in [0.29, 0.717) is 17.5 Å². The molecule has 4 aromatic carbocycles. The number of para-hydroxylation sites is 1. The maximum Gasteiger partial charge on any atom is 0.330 e. The van der Waals surface area contributed by atoms with Crippen LogP contribution in [0.5, 0.6) is 0 Å². The van der Waals surface area contributed by atoms with Gasteiger partial charge in [0.05, 0.1) is 16.7 Å². The van der Waals surface area contributed by atoms with Crippen molar-refractivity contribution < 1.29 is 9.76 Å². The zero-order valence-electron chi connectivity index (χ0n) is 24.7. The van der Waals surface area contributed by atoms with E-state index >= 15 is 0 Å². The van der Waals surface area contributed by atoms with Crippen LogP contribution in [0.1, 0.15) is 27.7 Å². The standard InChI is InChI=1S/C36H32BN4O2/c1-35(2,42)36(3,4)43-37-29-22-27(30-19-11-17-24-18-12-20-38-31(24)30)21-28(23-29)34-40-32(25-13-7-5-8-14-25)39-33(41-34)26-15-9-6-10-16-26/h5-23,42H,1-4H3. The molecular weight excluding hydrogens is 531 g/mol. The normalized spacial score (nSPS) is 11.9. The highest BCUT2D eigenvalue weighted by Crippen LogP contribution is 2.31. The van der Waals surface area contributed by atoms with Gasteiger partial charge in [-0.1, -0.05) is 103 Å². The number of benzene rings is 4. The number of aliphatic hydroxyl groups is 1. The fourth-order valence-corrected chi connectivity index (χ4v) is 4.64. The van der Waals surface area contributed by atoms with Crippen molar-refractivity contribution in [2.75, 3.05) is 0 Å². The molecule has 0 saturated carbocycles. The molecule has 211 valence electrons. The van der Waals surface area contributed by atoms with Gasteiger partial charge in [0, 0.05) is 33.8 Å². The van der Waals surface area contributed by atoms with Gasteiger partial charge in [0.1, 0.15) is 0 Å². The van der Waals surface area contributed by atoms with Crippen LogP contribution >= 0.6 is 0 Å². The van der Waals surface area contributed by atoms with E-state index in [0.717, 1.165) is 44.2 Å². The van der Waals surface area contributed by atoms with Gasteiger partial charge in [-0.15, -0.1) is 0 Å². The summed E-state index contributed by atoms with van der Waals surface area (Å²) in [6, 6.07) is 36.1. The first-order valence-corrected chi connectivity index (χ1v) is 14.3. The average Bonchev–Trinajstić information content (AvgIpc) is 3.03. The third kappa shape index (κ3) is 6.09. The van der Waals surface area contributed by atoms with Gasteiger partial charge in [0.2, 0.25) is 0 Å². The van der Waals surface area contributed by atoms with Gasteiger partial charge in [-0.2, -0.15) is 0 Å². The molecule has 43 heavy (non-hydrogen) atoms. The molecule has 0 bridgehead atoms. The number of aromatic nitrogens is 4. The highest BCUT2D eigenvalue weighted by atomic mass is 16.5. The number of nitrogens with zero attached hydrogens (tertiary/aromatic N) is 4. The first kappa shape index (κ1) is 28.4. The summed E-state index contributed by atoms with van der Waals surface area (Å²) in [5.41, 5.74) is 4.35. The van der Waals surface area contributed by atoms with Gasteiger partial charge >= 0.3 is 7.48 Å². The van der Waals surface area contributed by atoms with Crippen molar-refractivity contribution >= 4 is 23.8 Å². The Bertz CT molecular complexity index is 1820. The molecule has 7 heteroatoms. The molecule has 0 saturated heterocycles. The van der Waals surface area contributed by atoms with Crippen LogP contribution in [0.25, 0.3) is 56.2 Å². The van der Waals surface area contributed by atoms with Gasteiger partial charge in [-0.25, -0.2) is 15.0 Å². The summed E-state index contributed by atoms with van der Waals surface area (Å²) in [4.78, 5) is 19.5. The number of hydrogen-bond acceptors (Lipinski definition) is 6. The quantitative estimate of drug-likeness (QED) is 0.203. The number of pyridine rings is 1. The monoisotopic (exact) mass is 563 g/mol. The third-order valence-corrected chi connectivity index (χ3v) is 7.82. The van der Waals surface area contributed by atoms with Crippen molar-refractivity contribution in [2.24, 2.45) is 0 Å². The lowest BCUT2D eigenvalue weighted by Gasteiger charge is -2.37. The fourth-order valence-electron chi connectivity index (χ4n) is 4.64. The molecule has 0 spiro atoms. The van der Waals surface area contributed by atoms with Crippen LogP contribution in [0.4, 0.5) is 0 Å². The molecule has 1 radical (unpaired) electrons. The lowest BCUT2D eigenvalue weighted by Crippen LogP contribution is -2.49. The van der Waals surface area contributed by atoms with Crippen molar-refractivity contribution in [1.82, 2.24) is 19.9 Å². The van der Waals surface area contributed by atoms with Gasteiger partial charge in [-0.3, -0.25) is 4.98 Å². The molecule has 2 aromatic heterocycles. The smallest absolute Gasteiger partial charge is 0.330 e. The Balaban J connectivity index is 1.54. The second-order valence-electron chi connectivity index (χ2n) is 11.6. The predicted octanol–water partition coefficient (Wildman–Crippen LogP) is 6.90. The summed E-state index contributed by atoms with van der Waals surface area (Å²) < 4.78 is 6.19. The Labute approximate surface area is 252 Å². The second kappa shape index (κ2) is 11.5. The van der Waals surface area contributed by atoms with Crippen LogP contribution in [-0.2, 0) is 4.65 Å². The fraction of sp³-hybridized carbons (Fsp3) is 0.167. The van der Waals surface area contributed by atoms with E-state index in [4.69, 9.17) is 24.6 Å². The predicted molar refractivity (Wildman–Crippen MR) is 174 cm³/mol. The molecule has 0 amide bonds. The Hall–Kier alpha value is -4.72. The van der Waals surface area contributed by atoms with Crippen LogP contribution in [0, 0.1) is 0 Å². The van der Waals surface area contributed by atoms with Gasteiger partial charge in [-0.05, 0) is 45.4 Å². The van der Waals surface area contributed by atoms with Crippen LogP contribution < -0.4 is 5.46 Å². The Morgan fingerprint density at radius 1 is 0.605 bits per heavy atom. The average molecular weight is 563 g/mol. The molecule has 6 rings (SSSR count). The maximum absolute atomic E-state index is 10.7. The molecule has 0 aliphatic carbocycles. The Morgan fingerprint density at radius 2 is 1.16 bits per heavy atom. The SMILES string of the molecule is CC(C)(O)C(C)(C)O[B]c1cc(-c2nc(-c3ccccc3)nc(-c3ccccc3)n2)cc(-c2cccc3cccnc23)c1. The summed E-state index contributed by atoms with van der Waals surface area (Å²) in [5, 5.41) is 11.8. The van der Waals surface area contributed by atoms with E-state index in [-0.39, 0.29) is 0 Å². The van der Waals surface area contributed by atoms with E-state index in [1.807, 2.05) is 98.9 Å². The molecule has 6 nitrogen and oxygen atoms in total. The number of rotatable bonds is 8. The summed E-state index contributed by atoms with van der Waals surface area (Å²) in [6.07, 6.45) is 1.81. The zero-order chi connectivity index (χ0) is 30.0. The van der Waals surface area contributed by atoms with Crippen molar-refractivity contribution in [3.8, 4) is 45.3 Å². The number of fused-ring (bicyclic) bond motifs is 1. The van der Waals surface area contributed by atoms with Crippen molar-refractivity contribution in [3.63, 3.8) is 0 Å². The minimum Gasteiger partial charge on any atom is -0.427 e. The van der Waals surface area contributed by atoms with Gasteiger partial charge in [0.15, 0.2) is 17.5 Å². The van der Waals surface area contributed by atoms with Crippen molar-refractivity contribution in [1.29, 1.82) is 0 Å². The Morgan fingerprint density at radius 3 is 1.77 bits per heavy atom. The van der Waals surface area contributed by atoms with E-state index in [9.17, 15) is 5.11 Å². The van der Waals surface area contributed by atoms with E-state index in [2.05, 4.69) is 30.3 Å². The van der Waals surface area contributed by atoms with Gasteiger partial charge in [0.25, 0.3) is 0 Å². The topological polar surface area (TPSA) is 81.0 Å². The molecule has 1 N–H and O–H groups in total. The molecule has 0 fully saturated rings. The zero-order valence-corrected chi connectivity index (χ0v) is 24.7. The summed E-state index contributed by atoms with van der Waals surface area (Å²) in [6.45, 7) is 7.22. The number of hydrogen-bond donors (Lipinski definition) is 1. The molecule has 0 atom stereocenters. The lowest BCUT2D eigenvalue weighted by molar-refractivity contribution is -0.0893. The summed E-state index contributed by atoms with van der Waals surface area (Å²) >= 11 is 0. The van der Waals surface area contributed by atoms with Crippen LogP contribution in [0.2, 0.25) is 0 Å². The minimum atomic E-state index is -1.06. The van der Waals surface area contributed by atoms with E-state index in [1.54, 1.807) is 21.3 Å². The van der Waals surface area contributed by atoms with Crippen LogP contribution in [0.15, 0.2) is 115 Å². The summed E-state index contributed by atoms with van der Waals surface area (Å²) in [5.74, 6) is 1.72.